The van der Waals surface area contributed by atoms with Gasteiger partial charge in [0.15, 0.2) is 11.5 Å². The first-order valence-electron chi connectivity index (χ1n) is 15.3. The highest BCUT2D eigenvalue weighted by Gasteiger charge is 2.22. The van der Waals surface area contributed by atoms with Crippen LogP contribution in [-0.2, 0) is 33.8 Å². The lowest BCUT2D eigenvalue weighted by molar-refractivity contribution is -0.139. The maximum absolute atomic E-state index is 13.6. The van der Waals surface area contributed by atoms with E-state index in [0.29, 0.717) is 56.9 Å². The minimum atomic E-state index is -0.346. The van der Waals surface area contributed by atoms with Crippen molar-refractivity contribution in [1.29, 1.82) is 0 Å². The van der Waals surface area contributed by atoms with Crippen LogP contribution >= 0.6 is 0 Å². The smallest absolute Gasteiger partial charge is 0.327 e. The van der Waals surface area contributed by atoms with Crippen molar-refractivity contribution in [2.24, 2.45) is 5.73 Å². The molecule has 0 atom stereocenters. The Bertz CT molecular complexity index is 1430. The zero-order chi connectivity index (χ0) is 31.5. The molecule has 3 aromatic rings. The van der Waals surface area contributed by atoms with Gasteiger partial charge in [-0.05, 0) is 24.0 Å². The molecule has 1 saturated heterocycles. The van der Waals surface area contributed by atoms with E-state index in [1.54, 1.807) is 0 Å². The van der Waals surface area contributed by atoms with Gasteiger partial charge in [-0.1, -0.05) is 37.6 Å². The number of ether oxygens (including phenoxy) is 2. The van der Waals surface area contributed by atoms with Gasteiger partial charge in [0.25, 0.3) is 0 Å². The van der Waals surface area contributed by atoms with Crippen LogP contribution in [0.2, 0.25) is 0 Å². The Morgan fingerprint density at radius 1 is 1.02 bits per heavy atom. The highest BCUT2D eigenvalue weighted by molar-refractivity contribution is 5.82. The second-order valence-corrected chi connectivity index (χ2v) is 11.0. The van der Waals surface area contributed by atoms with Crippen molar-refractivity contribution in [2.75, 3.05) is 71.8 Å². The summed E-state index contributed by atoms with van der Waals surface area (Å²) in [6, 6.07) is 7.74. The number of nitrogen functional groups attached to an aromatic ring is 1. The Balaban J connectivity index is 1.45. The molecule has 1 aliphatic heterocycles. The third kappa shape index (κ3) is 9.00. The largest absolute Gasteiger partial charge is 0.469 e. The fraction of sp³-hybridized carbons (Fsp3) is 0.567. The summed E-state index contributed by atoms with van der Waals surface area (Å²) in [5, 5.41) is 0. The lowest BCUT2D eigenvalue weighted by Gasteiger charge is -2.35. The number of benzene rings is 1. The van der Waals surface area contributed by atoms with Gasteiger partial charge in [-0.25, -0.2) is 4.79 Å². The number of aryl methyl sites for hydroxylation is 1. The van der Waals surface area contributed by atoms with E-state index in [9.17, 15) is 14.4 Å². The van der Waals surface area contributed by atoms with Crippen molar-refractivity contribution >= 4 is 28.9 Å². The summed E-state index contributed by atoms with van der Waals surface area (Å²) in [6.45, 7) is 8.82. The molecular formula is C30H45N9O5. The molecule has 14 nitrogen and oxygen atoms in total. The maximum Gasteiger partial charge on any atom is 0.327 e. The number of methoxy groups -OCH3 is 1. The topological polar surface area (TPSA) is 178 Å². The van der Waals surface area contributed by atoms with Gasteiger partial charge in [-0.15, -0.1) is 0 Å². The number of esters is 1. The number of nitrogens with one attached hydrogen (secondary N) is 1. The summed E-state index contributed by atoms with van der Waals surface area (Å²) in [7, 11) is 1.37. The van der Waals surface area contributed by atoms with Crippen molar-refractivity contribution in [3.63, 3.8) is 0 Å². The number of anilines is 1. The first-order valence-corrected chi connectivity index (χ1v) is 15.3. The Morgan fingerprint density at radius 3 is 2.41 bits per heavy atom. The molecule has 2 aromatic heterocycles. The number of unbranched alkanes of at least 4 members (excludes halogenated alkanes) is 1. The normalized spacial score (nSPS) is 14.2. The molecule has 0 radical (unpaired) electrons. The van der Waals surface area contributed by atoms with Gasteiger partial charge in [-0.2, -0.15) is 9.97 Å². The third-order valence-corrected chi connectivity index (χ3v) is 7.76. The van der Waals surface area contributed by atoms with E-state index in [2.05, 4.69) is 31.7 Å². The number of fused-ring (bicyclic) bond motifs is 1. The molecular weight excluding hydrogens is 566 g/mol. The number of piperazine rings is 1. The molecule has 0 bridgehead atoms. The molecule has 44 heavy (non-hydrogen) atoms. The van der Waals surface area contributed by atoms with E-state index >= 15 is 0 Å². The molecule has 1 fully saturated rings. The van der Waals surface area contributed by atoms with Gasteiger partial charge in [0.2, 0.25) is 5.91 Å². The zero-order valence-corrected chi connectivity index (χ0v) is 25.8. The molecule has 1 amide bonds. The fourth-order valence-corrected chi connectivity index (χ4v) is 5.19. The Kier molecular flexibility index (Phi) is 12.1. The summed E-state index contributed by atoms with van der Waals surface area (Å²) in [6.07, 6.45) is 2.51. The number of aromatic nitrogens is 4. The van der Waals surface area contributed by atoms with Gasteiger partial charge >= 0.3 is 17.7 Å². The number of carbonyl (C=O) groups is 2. The Labute approximate surface area is 257 Å². The van der Waals surface area contributed by atoms with Crippen LogP contribution in [-0.4, -0.2) is 112 Å². The number of H-pyrrole nitrogens is 1. The molecule has 0 saturated carbocycles. The van der Waals surface area contributed by atoms with Crippen LogP contribution in [0.1, 0.15) is 37.3 Å². The van der Waals surface area contributed by atoms with Gasteiger partial charge in [0, 0.05) is 58.9 Å². The average molecular weight is 612 g/mol. The zero-order valence-electron chi connectivity index (χ0n) is 25.8. The number of rotatable bonds is 16. The van der Waals surface area contributed by atoms with E-state index in [-0.39, 0.29) is 35.8 Å². The van der Waals surface area contributed by atoms with Crippen LogP contribution in [0.3, 0.4) is 0 Å². The summed E-state index contributed by atoms with van der Waals surface area (Å²) in [4.78, 5) is 55.8. The molecule has 4 rings (SSSR count). The fourth-order valence-electron chi connectivity index (χ4n) is 5.19. The summed E-state index contributed by atoms with van der Waals surface area (Å²) >= 11 is 0. The molecule has 5 N–H and O–H groups in total. The van der Waals surface area contributed by atoms with Crippen LogP contribution in [0.25, 0.3) is 11.2 Å². The number of hydrogen-bond donors (Lipinski definition) is 3. The predicted molar refractivity (Wildman–Crippen MR) is 167 cm³/mol. The summed E-state index contributed by atoms with van der Waals surface area (Å²) in [5.74, 6) is -0.142. The van der Waals surface area contributed by atoms with Crippen LogP contribution < -0.4 is 21.9 Å². The van der Waals surface area contributed by atoms with Crippen molar-refractivity contribution in [3.05, 3.63) is 45.9 Å². The van der Waals surface area contributed by atoms with E-state index in [1.807, 2.05) is 29.2 Å². The van der Waals surface area contributed by atoms with Gasteiger partial charge in [0.1, 0.15) is 5.52 Å². The number of amides is 1. The maximum atomic E-state index is 13.6. The molecule has 0 unspecified atom stereocenters. The molecule has 1 aliphatic rings. The standard InChI is InChI=1S/C30H45N9O5/c1-3-4-18-44-29-34-27(32)26-28(35-29)39(30(42)33-26)12-5-11-38(20-23-8-6-22(7-9-23)19-25(41)43-2)24(40)21-37-16-14-36(13-10-31)15-17-37/h6-9H,3-5,10-21,31H2,1-2H3,(H,33,42)(H2,32,34,35). The number of aromatic amines is 1. The number of imidazole rings is 1. The molecule has 0 spiro atoms. The highest BCUT2D eigenvalue weighted by Crippen LogP contribution is 2.18. The second kappa shape index (κ2) is 16.2. The van der Waals surface area contributed by atoms with Crippen LogP contribution in [0, 0.1) is 0 Å². The molecule has 14 heteroatoms. The minimum absolute atomic E-state index is 0.0142. The quantitative estimate of drug-likeness (QED) is 0.153. The minimum Gasteiger partial charge on any atom is -0.469 e. The van der Waals surface area contributed by atoms with Gasteiger partial charge in [0.05, 0.1) is 26.7 Å². The van der Waals surface area contributed by atoms with Crippen LogP contribution in [0.5, 0.6) is 6.01 Å². The number of carbonyl (C=O) groups excluding carboxylic acids is 2. The van der Waals surface area contributed by atoms with E-state index in [4.69, 9.17) is 20.9 Å². The first kappa shape index (κ1) is 32.9. The van der Waals surface area contributed by atoms with Gasteiger partial charge in [-0.3, -0.25) is 24.0 Å². The van der Waals surface area contributed by atoms with Crippen molar-refractivity contribution in [1.82, 2.24) is 34.2 Å². The summed E-state index contributed by atoms with van der Waals surface area (Å²) in [5.41, 5.74) is 14.0. The predicted octanol–water partition coefficient (Wildman–Crippen LogP) is 0.591. The van der Waals surface area contributed by atoms with Gasteiger partial charge < -0.3 is 30.8 Å². The monoisotopic (exact) mass is 611 g/mol. The van der Waals surface area contributed by atoms with E-state index in [0.717, 1.165) is 56.7 Å². The molecule has 3 heterocycles. The Hall–Kier alpha value is -4.01. The van der Waals surface area contributed by atoms with Crippen molar-refractivity contribution in [3.8, 4) is 6.01 Å². The second-order valence-electron chi connectivity index (χ2n) is 11.0. The molecule has 240 valence electrons. The molecule has 0 aliphatic carbocycles. The number of nitrogens with two attached hydrogens (primary N) is 2. The lowest BCUT2D eigenvalue weighted by Crippen LogP contribution is -2.50. The van der Waals surface area contributed by atoms with E-state index < -0.39 is 0 Å². The lowest BCUT2D eigenvalue weighted by atomic mass is 10.1. The van der Waals surface area contributed by atoms with Crippen molar-refractivity contribution in [2.45, 2.75) is 45.7 Å². The molecule has 1 aromatic carbocycles. The van der Waals surface area contributed by atoms with Crippen LogP contribution in [0.4, 0.5) is 5.82 Å². The van der Waals surface area contributed by atoms with E-state index in [1.165, 1.54) is 11.7 Å². The first-order chi connectivity index (χ1) is 21.3. The third-order valence-electron chi connectivity index (χ3n) is 7.76. The number of nitrogens with zero attached hydrogens (tertiary/aromatic N) is 6. The highest BCUT2D eigenvalue weighted by atomic mass is 16.5. The average Bonchev–Trinajstić information content (AvgIpc) is 3.34. The SMILES string of the molecule is CCCCOc1nc(N)c2[nH]c(=O)n(CCCN(Cc3ccc(CC(=O)OC)cc3)C(=O)CN3CCN(CCN)CC3)c2n1. The Morgan fingerprint density at radius 2 is 1.73 bits per heavy atom. The number of hydrogen-bond acceptors (Lipinski definition) is 11. The van der Waals surface area contributed by atoms with Crippen LogP contribution in [0.15, 0.2) is 29.1 Å². The van der Waals surface area contributed by atoms with Crippen molar-refractivity contribution < 1.29 is 19.1 Å². The summed E-state index contributed by atoms with van der Waals surface area (Å²) < 4.78 is 11.9.